The second-order valence-corrected chi connectivity index (χ2v) is 6.32. The first kappa shape index (κ1) is 18.2. The van der Waals surface area contributed by atoms with Crippen molar-refractivity contribution in [1.29, 1.82) is 0 Å². The number of hydrogen-bond donors (Lipinski definition) is 0. The Morgan fingerprint density at radius 1 is 1.00 bits per heavy atom. The molecule has 1 aromatic rings. The Morgan fingerprint density at radius 2 is 1.62 bits per heavy atom. The van der Waals surface area contributed by atoms with Gasteiger partial charge in [0.15, 0.2) is 11.6 Å². The van der Waals surface area contributed by atoms with E-state index >= 15 is 0 Å². The van der Waals surface area contributed by atoms with Crippen molar-refractivity contribution < 1.29 is 14.3 Å². The smallest absolute Gasteiger partial charge is 0.160 e. The number of carbonyl (C=O) groups excluding carboxylic acids is 2. The molecule has 0 aliphatic carbocycles. The molecule has 0 fully saturated rings. The van der Waals surface area contributed by atoms with Crippen molar-refractivity contribution in [2.45, 2.75) is 59.3 Å². The van der Waals surface area contributed by atoms with Crippen LogP contribution in [0, 0.1) is 0 Å². The summed E-state index contributed by atoms with van der Waals surface area (Å²) in [5.41, 5.74) is 2.18. The third kappa shape index (κ3) is 3.84. The Morgan fingerprint density at radius 3 is 2.17 bits per heavy atom. The van der Waals surface area contributed by atoms with E-state index in [2.05, 4.69) is 6.92 Å². The Labute approximate surface area is 144 Å². The van der Waals surface area contributed by atoms with Gasteiger partial charge in [0.05, 0.1) is 0 Å². The fourth-order valence-corrected chi connectivity index (χ4v) is 3.35. The van der Waals surface area contributed by atoms with Crippen LogP contribution in [0.4, 0.5) is 0 Å². The number of allylic oxidation sites excluding steroid dienone is 4. The summed E-state index contributed by atoms with van der Waals surface area (Å²) < 4.78 is 5.95. The molecule has 1 aliphatic heterocycles. The van der Waals surface area contributed by atoms with E-state index in [0.29, 0.717) is 16.9 Å². The van der Waals surface area contributed by atoms with Gasteiger partial charge in [0.25, 0.3) is 0 Å². The first-order valence-corrected chi connectivity index (χ1v) is 8.65. The molecule has 0 bridgehead atoms. The third-order valence-electron chi connectivity index (χ3n) is 4.43. The number of unbranched alkanes of at least 4 members (excludes halogenated alkanes) is 2. The van der Waals surface area contributed by atoms with Crippen molar-refractivity contribution in [2.24, 2.45) is 0 Å². The molecular formula is C21H26O3. The molecule has 0 aromatic heterocycles. The van der Waals surface area contributed by atoms with E-state index in [4.69, 9.17) is 4.74 Å². The molecule has 1 aromatic carbocycles. The van der Waals surface area contributed by atoms with Gasteiger partial charge in [-0.15, -0.1) is 0 Å². The van der Waals surface area contributed by atoms with Gasteiger partial charge in [0.2, 0.25) is 0 Å². The lowest BCUT2D eigenvalue weighted by Gasteiger charge is -2.30. The Bertz CT molecular complexity index is 680. The standard InChI is InChI=1S/C21H26O3/c1-5-6-8-13-18-20(15(3)23)21(17-11-9-7-10-12-17)19(14(2)22)16(4)24-18/h7,9-12,21H,5-6,8,13H2,1-4H3. The SMILES string of the molecule is CCCCCC1=C(C(C)=O)C(c2ccccc2)C(C(C)=O)=C(C)O1. The van der Waals surface area contributed by atoms with Gasteiger partial charge in [-0.1, -0.05) is 50.1 Å². The maximum absolute atomic E-state index is 12.4. The molecule has 2 rings (SSSR count). The average Bonchev–Trinajstić information content (AvgIpc) is 2.54. The molecule has 128 valence electrons. The largest absolute Gasteiger partial charge is 0.465 e. The lowest BCUT2D eigenvalue weighted by atomic mass is 9.78. The first-order chi connectivity index (χ1) is 11.5. The normalized spacial score (nSPS) is 17.8. The number of Topliss-reactive ketones (excluding diaryl/α,β-unsaturated/α-hetero) is 2. The van der Waals surface area contributed by atoms with E-state index in [-0.39, 0.29) is 17.5 Å². The maximum Gasteiger partial charge on any atom is 0.160 e. The van der Waals surface area contributed by atoms with Crippen LogP contribution in [0.2, 0.25) is 0 Å². The quantitative estimate of drug-likeness (QED) is 0.656. The van der Waals surface area contributed by atoms with Crippen LogP contribution in [0.15, 0.2) is 53.0 Å². The molecule has 0 radical (unpaired) electrons. The molecule has 1 heterocycles. The number of ketones is 2. The lowest BCUT2D eigenvalue weighted by Crippen LogP contribution is -2.24. The molecule has 0 saturated carbocycles. The van der Waals surface area contributed by atoms with Gasteiger partial charge >= 0.3 is 0 Å². The summed E-state index contributed by atoms with van der Waals surface area (Å²) in [5.74, 6) is 0.945. The predicted molar refractivity (Wildman–Crippen MR) is 95.5 cm³/mol. The van der Waals surface area contributed by atoms with Crippen LogP contribution in [0.25, 0.3) is 0 Å². The minimum Gasteiger partial charge on any atom is -0.465 e. The first-order valence-electron chi connectivity index (χ1n) is 8.65. The second kappa shape index (κ2) is 8.09. The number of benzene rings is 1. The number of carbonyl (C=O) groups is 2. The monoisotopic (exact) mass is 326 g/mol. The zero-order valence-electron chi connectivity index (χ0n) is 15.0. The summed E-state index contributed by atoms with van der Waals surface area (Å²) in [4.78, 5) is 24.7. The number of hydrogen-bond acceptors (Lipinski definition) is 3. The Kier molecular flexibility index (Phi) is 6.13. The van der Waals surface area contributed by atoms with Gasteiger partial charge in [0.1, 0.15) is 11.5 Å². The van der Waals surface area contributed by atoms with E-state index in [1.165, 1.54) is 6.92 Å². The highest BCUT2D eigenvalue weighted by Crippen LogP contribution is 2.42. The zero-order chi connectivity index (χ0) is 17.7. The summed E-state index contributed by atoms with van der Waals surface area (Å²) in [6, 6.07) is 9.75. The van der Waals surface area contributed by atoms with Gasteiger partial charge in [-0.05, 0) is 32.8 Å². The fourth-order valence-electron chi connectivity index (χ4n) is 3.35. The Hall–Kier alpha value is -2.16. The number of rotatable bonds is 7. The zero-order valence-corrected chi connectivity index (χ0v) is 15.0. The van der Waals surface area contributed by atoms with Crippen molar-refractivity contribution in [1.82, 2.24) is 0 Å². The van der Waals surface area contributed by atoms with Gasteiger partial charge < -0.3 is 4.74 Å². The van der Waals surface area contributed by atoms with Crippen LogP contribution < -0.4 is 0 Å². The van der Waals surface area contributed by atoms with E-state index in [1.54, 1.807) is 6.92 Å². The lowest BCUT2D eigenvalue weighted by molar-refractivity contribution is -0.114. The molecule has 0 amide bonds. The van der Waals surface area contributed by atoms with Gasteiger partial charge in [-0.3, -0.25) is 9.59 Å². The van der Waals surface area contributed by atoms with Crippen molar-refractivity contribution in [3.63, 3.8) is 0 Å². The van der Waals surface area contributed by atoms with Crippen LogP contribution >= 0.6 is 0 Å². The molecular weight excluding hydrogens is 300 g/mol. The van der Waals surface area contributed by atoms with E-state index in [9.17, 15) is 9.59 Å². The highest BCUT2D eigenvalue weighted by atomic mass is 16.5. The predicted octanol–water partition coefficient (Wildman–Crippen LogP) is 5.09. The number of ether oxygens (including phenoxy) is 1. The molecule has 3 nitrogen and oxygen atoms in total. The minimum absolute atomic E-state index is 0.0263. The highest BCUT2D eigenvalue weighted by molar-refractivity contribution is 6.03. The van der Waals surface area contributed by atoms with Gasteiger partial charge in [-0.2, -0.15) is 0 Å². The second-order valence-electron chi connectivity index (χ2n) is 6.32. The highest BCUT2D eigenvalue weighted by Gasteiger charge is 2.35. The molecule has 24 heavy (non-hydrogen) atoms. The summed E-state index contributed by atoms with van der Waals surface area (Å²) >= 11 is 0. The van der Waals surface area contributed by atoms with E-state index in [1.807, 2.05) is 37.3 Å². The molecule has 1 atom stereocenters. The molecule has 0 spiro atoms. The van der Waals surface area contributed by atoms with Crippen molar-refractivity contribution in [3.05, 3.63) is 58.6 Å². The van der Waals surface area contributed by atoms with Crippen molar-refractivity contribution in [3.8, 4) is 0 Å². The van der Waals surface area contributed by atoms with Crippen LogP contribution in [0.1, 0.15) is 64.9 Å². The van der Waals surface area contributed by atoms with Crippen molar-refractivity contribution in [2.75, 3.05) is 0 Å². The van der Waals surface area contributed by atoms with Crippen molar-refractivity contribution >= 4 is 11.6 Å². The summed E-state index contributed by atoms with van der Waals surface area (Å²) in [5, 5.41) is 0. The van der Waals surface area contributed by atoms with Gasteiger partial charge in [-0.25, -0.2) is 0 Å². The average molecular weight is 326 g/mol. The molecule has 1 aliphatic rings. The molecule has 1 unspecified atom stereocenters. The summed E-state index contributed by atoms with van der Waals surface area (Å²) in [7, 11) is 0. The summed E-state index contributed by atoms with van der Waals surface area (Å²) in [6.45, 7) is 7.07. The van der Waals surface area contributed by atoms with E-state index in [0.717, 1.165) is 37.0 Å². The van der Waals surface area contributed by atoms with E-state index < -0.39 is 0 Å². The van der Waals surface area contributed by atoms with Crippen LogP contribution in [0.3, 0.4) is 0 Å². The fraction of sp³-hybridized carbons (Fsp3) is 0.429. The maximum atomic E-state index is 12.4. The minimum atomic E-state index is -0.327. The summed E-state index contributed by atoms with van der Waals surface area (Å²) in [6.07, 6.45) is 3.91. The topological polar surface area (TPSA) is 43.4 Å². The molecule has 0 saturated heterocycles. The van der Waals surface area contributed by atoms with Crippen LogP contribution in [-0.2, 0) is 14.3 Å². The van der Waals surface area contributed by atoms with Crippen LogP contribution in [0.5, 0.6) is 0 Å². The van der Waals surface area contributed by atoms with Crippen LogP contribution in [-0.4, -0.2) is 11.6 Å². The molecule has 3 heteroatoms. The Balaban J connectivity index is 2.56. The molecule has 0 N–H and O–H groups in total. The van der Waals surface area contributed by atoms with Gasteiger partial charge in [0, 0.05) is 23.5 Å². The third-order valence-corrected chi connectivity index (χ3v) is 4.43.